The van der Waals surface area contributed by atoms with Gasteiger partial charge in [-0.05, 0) is 6.92 Å². The minimum Gasteiger partial charge on any atom is -0.477 e. The molecule has 2 heterocycles. The summed E-state index contributed by atoms with van der Waals surface area (Å²) in [5.74, 6) is -1.03. The van der Waals surface area contributed by atoms with Gasteiger partial charge in [0.15, 0.2) is 5.13 Å². The lowest BCUT2D eigenvalue weighted by atomic mass is 10.4. The van der Waals surface area contributed by atoms with Gasteiger partial charge in [0.1, 0.15) is 4.88 Å². The summed E-state index contributed by atoms with van der Waals surface area (Å²) in [4.78, 5) is 28.2. The summed E-state index contributed by atoms with van der Waals surface area (Å²) in [6, 6.07) is 0. The zero-order chi connectivity index (χ0) is 11.7. The topological polar surface area (TPSA) is 82.5 Å². The van der Waals surface area contributed by atoms with E-state index in [9.17, 15) is 9.59 Å². The number of nitrogens with one attached hydrogen (secondary N) is 1. The third-order valence-electron chi connectivity index (χ3n) is 2.29. The Bertz CT molecular complexity index is 443. The van der Waals surface area contributed by atoms with Gasteiger partial charge in [-0.1, -0.05) is 11.3 Å². The largest absolute Gasteiger partial charge is 0.477 e. The maximum atomic E-state index is 11.2. The highest BCUT2D eigenvalue weighted by molar-refractivity contribution is 7.17. The number of nitrogens with zero attached hydrogens (tertiary/aromatic N) is 2. The van der Waals surface area contributed by atoms with Crippen molar-refractivity contribution < 1.29 is 14.7 Å². The van der Waals surface area contributed by atoms with Crippen LogP contribution in [0.15, 0.2) is 0 Å². The van der Waals surface area contributed by atoms with E-state index in [1.165, 1.54) is 0 Å². The van der Waals surface area contributed by atoms with Crippen LogP contribution in [0.2, 0.25) is 0 Å². The number of carbonyl (C=O) groups is 2. The van der Waals surface area contributed by atoms with Crippen LogP contribution in [0.25, 0.3) is 0 Å². The van der Waals surface area contributed by atoms with Crippen LogP contribution in [-0.2, 0) is 4.79 Å². The molecule has 0 saturated carbocycles. The lowest BCUT2D eigenvalue weighted by Crippen LogP contribution is -2.47. The van der Waals surface area contributed by atoms with Gasteiger partial charge < -0.3 is 15.3 Å². The first kappa shape index (κ1) is 10.9. The molecule has 1 aliphatic heterocycles. The number of thiazole rings is 1. The van der Waals surface area contributed by atoms with E-state index >= 15 is 0 Å². The normalized spacial score (nSPS) is 16.1. The van der Waals surface area contributed by atoms with Crippen molar-refractivity contribution >= 4 is 28.3 Å². The van der Waals surface area contributed by atoms with Gasteiger partial charge in [-0.2, -0.15) is 0 Å². The van der Waals surface area contributed by atoms with E-state index in [2.05, 4.69) is 10.3 Å². The van der Waals surface area contributed by atoms with Crippen LogP contribution in [0.3, 0.4) is 0 Å². The lowest BCUT2D eigenvalue weighted by molar-refractivity contribution is -0.120. The molecule has 0 aliphatic carbocycles. The monoisotopic (exact) mass is 241 g/mol. The van der Waals surface area contributed by atoms with E-state index < -0.39 is 5.97 Å². The molecule has 1 aromatic heterocycles. The zero-order valence-electron chi connectivity index (χ0n) is 8.69. The molecule has 6 nitrogen and oxygen atoms in total. The Morgan fingerprint density at radius 3 is 2.94 bits per heavy atom. The number of aromatic nitrogens is 1. The van der Waals surface area contributed by atoms with Gasteiger partial charge in [0.25, 0.3) is 0 Å². The number of piperazine rings is 1. The number of anilines is 1. The molecule has 0 atom stereocenters. The second-order valence-electron chi connectivity index (χ2n) is 3.49. The van der Waals surface area contributed by atoms with Gasteiger partial charge in [0, 0.05) is 13.1 Å². The fraction of sp³-hybridized carbons (Fsp3) is 0.444. The third-order valence-corrected chi connectivity index (χ3v) is 3.49. The van der Waals surface area contributed by atoms with Crippen molar-refractivity contribution in [3.8, 4) is 0 Å². The molecule has 0 radical (unpaired) electrons. The molecule has 0 spiro atoms. The average molecular weight is 241 g/mol. The summed E-state index contributed by atoms with van der Waals surface area (Å²) in [6.45, 7) is 3.14. The number of carboxylic acid groups (broad SMARTS) is 1. The molecule has 2 N–H and O–H groups in total. The summed E-state index contributed by atoms with van der Waals surface area (Å²) >= 11 is 1.11. The predicted octanol–water partition coefficient (Wildman–Crippen LogP) is 0.0859. The van der Waals surface area contributed by atoms with Crippen molar-refractivity contribution in [2.24, 2.45) is 0 Å². The van der Waals surface area contributed by atoms with Crippen LogP contribution >= 0.6 is 11.3 Å². The summed E-state index contributed by atoms with van der Waals surface area (Å²) in [6.07, 6.45) is 0. The Morgan fingerprint density at radius 2 is 2.38 bits per heavy atom. The molecule has 0 bridgehead atoms. The molecule has 1 fully saturated rings. The molecular formula is C9H11N3O3S. The van der Waals surface area contributed by atoms with Crippen molar-refractivity contribution in [3.63, 3.8) is 0 Å². The summed E-state index contributed by atoms with van der Waals surface area (Å²) < 4.78 is 0. The Kier molecular flexibility index (Phi) is 2.78. The van der Waals surface area contributed by atoms with Crippen molar-refractivity contribution in [2.75, 3.05) is 24.5 Å². The van der Waals surface area contributed by atoms with Crippen molar-refractivity contribution in [1.82, 2.24) is 10.3 Å². The second-order valence-corrected chi connectivity index (χ2v) is 4.47. The quantitative estimate of drug-likeness (QED) is 0.766. The molecule has 1 aromatic rings. The number of rotatable bonds is 2. The van der Waals surface area contributed by atoms with Gasteiger partial charge in [-0.15, -0.1) is 0 Å². The van der Waals surface area contributed by atoms with E-state index in [4.69, 9.17) is 5.11 Å². The van der Waals surface area contributed by atoms with Crippen LogP contribution in [-0.4, -0.2) is 41.6 Å². The molecule has 86 valence electrons. The van der Waals surface area contributed by atoms with E-state index in [1.807, 2.05) is 0 Å². The van der Waals surface area contributed by atoms with Crippen LogP contribution in [0.1, 0.15) is 15.4 Å². The van der Waals surface area contributed by atoms with Crippen molar-refractivity contribution in [3.05, 3.63) is 10.6 Å². The number of aromatic carboxylic acids is 1. The first-order chi connectivity index (χ1) is 7.58. The highest BCUT2D eigenvalue weighted by Gasteiger charge is 2.22. The Balaban J connectivity index is 2.23. The molecule has 1 aliphatic rings. The SMILES string of the molecule is Cc1nc(N2CCNC(=O)C2)sc1C(=O)O. The van der Waals surface area contributed by atoms with Crippen LogP contribution in [0.5, 0.6) is 0 Å². The molecule has 1 amide bonds. The van der Waals surface area contributed by atoms with Gasteiger partial charge in [-0.3, -0.25) is 4.79 Å². The summed E-state index contributed by atoms with van der Waals surface area (Å²) in [5, 5.41) is 12.2. The number of hydrogen-bond acceptors (Lipinski definition) is 5. The first-order valence-electron chi connectivity index (χ1n) is 4.80. The smallest absolute Gasteiger partial charge is 0.347 e. The summed E-state index contributed by atoms with van der Waals surface area (Å²) in [5.41, 5.74) is 0.499. The number of amides is 1. The Morgan fingerprint density at radius 1 is 1.62 bits per heavy atom. The molecule has 2 rings (SSSR count). The van der Waals surface area contributed by atoms with E-state index in [1.54, 1.807) is 11.8 Å². The molecule has 0 aromatic carbocycles. The second kappa shape index (κ2) is 4.09. The Labute approximate surface area is 95.9 Å². The summed E-state index contributed by atoms with van der Waals surface area (Å²) in [7, 11) is 0. The highest BCUT2D eigenvalue weighted by atomic mass is 32.1. The number of carboxylic acids is 1. The fourth-order valence-electron chi connectivity index (χ4n) is 1.52. The van der Waals surface area contributed by atoms with Crippen molar-refractivity contribution in [2.45, 2.75) is 6.92 Å². The molecule has 1 saturated heterocycles. The van der Waals surface area contributed by atoms with Crippen molar-refractivity contribution in [1.29, 1.82) is 0 Å². The maximum absolute atomic E-state index is 11.2. The van der Waals surface area contributed by atoms with Gasteiger partial charge in [0.05, 0.1) is 12.2 Å². The minimum atomic E-state index is -0.970. The standard InChI is InChI=1S/C9H11N3O3S/c1-5-7(8(14)15)16-9(11-5)12-3-2-10-6(13)4-12/h2-4H2,1H3,(H,10,13)(H,14,15). The number of aryl methyl sites for hydroxylation is 1. The van der Waals surface area contributed by atoms with Gasteiger partial charge in [0.2, 0.25) is 5.91 Å². The van der Waals surface area contributed by atoms with Gasteiger partial charge >= 0.3 is 5.97 Å². The van der Waals surface area contributed by atoms with E-state index in [0.29, 0.717) is 23.9 Å². The number of carbonyl (C=O) groups excluding carboxylic acids is 1. The molecule has 16 heavy (non-hydrogen) atoms. The van der Waals surface area contributed by atoms with E-state index in [-0.39, 0.29) is 17.3 Å². The fourth-order valence-corrected chi connectivity index (χ4v) is 2.45. The number of hydrogen-bond donors (Lipinski definition) is 2. The van der Waals surface area contributed by atoms with E-state index in [0.717, 1.165) is 11.3 Å². The van der Waals surface area contributed by atoms with Gasteiger partial charge in [-0.25, -0.2) is 9.78 Å². The zero-order valence-corrected chi connectivity index (χ0v) is 9.50. The van der Waals surface area contributed by atoms with Crippen LogP contribution in [0, 0.1) is 6.92 Å². The van der Waals surface area contributed by atoms with Crippen LogP contribution < -0.4 is 10.2 Å². The third kappa shape index (κ3) is 1.99. The Hall–Kier alpha value is -1.63. The molecule has 0 unspecified atom stereocenters. The predicted molar refractivity (Wildman–Crippen MR) is 59.0 cm³/mol. The van der Waals surface area contributed by atoms with Crippen LogP contribution in [0.4, 0.5) is 5.13 Å². The highest BCUT2D eigenvalue weighted by Crippen LogP contribution is 2.26. The average Bonchev–Trinajstić information content (AvgIpc) is 2.60. The minimum absolute atomic E-state index is 0.0593. The molecule has 7 heteroatoms. The molecular weight excluding hydrogens is 230 g/mol. The maximum Gasteiger partial charge on any atom is 0.347 e. The lowest BCUT2D eigenvalue weighted by Gasteiger charge is -2.25. The first-order valence-corrected chi connectivity index (χ1v) is 5.62.